The van der Waals surface area contributed by atoms with Crippen LogP contribution >= 0.6 is 0 Å². The van der Waals surface area contributed by atoms with Crippen LogP contribution in [0.25, 0.3) is 98.8 Å². The van der Waals surface area contributed by atoms with Gasteiger partial charge in [-0.15, -0.1) is 0 Å². The Morgan fingerprint density at radius 1 is 0.194 bits per heavy atom. The highest BCUT2D eigenvalue weighted by Crippen LogP contribution is 2.43. The number of benzene rings is 12. The third-order valence-corrected chi connectivity index (χ3v) is 14.2. The zero-order valence-corrected chi connectivity index (χ0v) is 39.1. The van der Waals surface area contributed by atoms with E-state index in [4.69, 9.17) is 8.83 Å². The Kier molecular flexibility index (Phi) is 9.82. The van der Waals surface area contributed by atoms with Gasteiger partial charge in [-0.1, -0.05) is 146 Å². The lowest BCUT2D eigenvalue weighted by Gasteiger charge is -2.26. The Labute approximate surface area is 416 Å². The molecule has 0 aliphatic heterocycles. The van der Waals surface area contributed by atoms with Crippen molar-refractivity contribution in [3.05, 3.63) is 267 Å². The van der Waals surface area contributed by atoms with Crippen LogP contribution in [0.2, 0.25) is 0 Å². The van der Waals surface area contributed by atoms with Crippen molar-refractivity contribution in [3.63, 3.8) is 0 Å². The molecule has 0 unspecified atom stereocenters. The lowest BCUT2D eigenvalue weighted by Crippen LogP contribution is -2.10. The van der Waals surface area contributed by atoms with Gasteiger partial charge in [-0.05, 0) is 176 Å². The lowest BCUT2D eigenvalue weighted by atomic mass is 9.99. The van der Waals surface area contributed by atoms with Gasteiger partial charge in [0, 0.05) is 55.7 Å². The van der Waals surface area contributed by atoms with Crippen LogP contribution < -0.4 is 9.80 Å². The summed E-state index contributed by atoms with van der Waals surface area (Å²) in [5.74, 6) is 0. The average Bonchev–Trinajstić information content (AvgIpc) is 4.01. The number of nitrogens with zero attached hydrogens (tertiary/aromatic N) is 2. The largest absolute Gasteiger partial charge is 0.456 e. The van der Waals surface area contributed by atoms with E-state index < -0.39 is 0 Å². The van der Waals surface area contributed by atoms with Gasteiger partial charge in [0.05, 0.1) is 0 Å². The fourth-order valence-corrected chi connectivity index (χ4v) is 10.6. The van der Waals surface area contributed by atoms with Crippen LogP contribution in [0.15, 0.2) is 276 Å². The normalized spacial score (nSPS) is 11.6. The first-order valence-electron chi connectivity index (χ1n) is 24.5. The molecular formula is C68H44N2O2. The molecule has 0 N–H and O–H groups in total. The molecule has 4 heteroatoms. The van der Waals surface area contributed by atoms with Crippen molar-refractivity contribution in [2.75, 3.05) is 9.80 Å². The molecule has 14 aromatic rings. The zero-order valence-electron chi connectivity index (χ0n) is 39.1. The van der Waals surface area contributed by atoms with E-state index in [0.29, 0.717) is 0 Å². The maximum Gasteiger partial charge on any atom is 0.135 e. The highest BCUT2D eigenvalue weighted by atomic mass is 16.3. The standard InChI is InChI=1S/C68H44N2O2/c1-3-15-55(16-4-1)69(59-33-37-67-63(43-59)61-41-53(27-35-65(61)71-67)51-21-19-45-11-7-9-13-49(45)39-51)57-29-23-47(24-30-57)48-25-31-58(32-26-48)70(56-17-5-2-6-18-56)60-34-38-68-64(44-60)62-42-54(28-36-66(62)72-68)52-22-20-46-12-8-10-14-50(46)40-52/h1-44H. The lowest BCUT2D eigenvalue weighted by molar-refractivity contribution is 0.668. The number of hydrogen-bond donors (Lipinski definition) is 0. The highest BCUT2D eigenvalue weighted by molar-refractivity contribution is 6.09. The van der Waals surface area contributed by atoms with Gasteiger partial charge in [-0.3, -0.25) is 0 Å². The number of fused-ring (bicyclic) bond motifs is 8. The molecule has 0 saturated carbocycles. The highest BCUT2D eigenvalue weighted by Gasteiger charge is 2.19. The molecule has 0 radical (unpaired) electrons. The first-order chi connectivity index (χ1) is 35.6. The first-order valence-corrected chi connectivity index (χ1v) is 24.5. The molecule has 0 aliphatic carbocycles. The summed E-state index contributed by atoms with van der Waals surface area (Å²) >= 11 is 0. The molecule has 2 heterocycles. The Bertz CT molecular complexity index is 4040. The second-order valence-electron chi connectivity index (χ2n) is 18.5. The minimum atomic E-state index is 0.865. The Hall–Kier alpha value is -9.64. The summed E-state index contributed by atoms with van der Waals surface area (Å²) in [6, 6.07) is 95.4. The van der Waals surface area contributed by atoms with Crippen molar-refractivity contribution in [2.45, 2.75) is 0 Å². The van der Waals surface area contributed by atoms with Crippen LogP contribution in [0, 0.1) is 0 Å². The quantitative estimate of drug-likeness (QED) is 0.144. The smallest absolute Gasteiger partial charge is 0.135 e. The third-order valence-electron chi connectivity index (χ3n) is 14.2. The van der Waals surface area contributed by atoms with E-state index in [0.717, 1.165) is 100 Å². The second-order valence-corrected chi connectivity index (χ2v) is 18.5. The van der Waals surface area contributed by atoms with Crippen molar-refractivity contribution in [1.82, 2.24) is 0 Å². The van der Waals surface area contributed by atoms with E-state index in [1.807, 2.05) is 0 Å². The second kappa shape index (κ2) is 17.1. The molecule has 0 aliphatic rings. The first kappa shape index (κ1) is 41.3. The number of furan rings is 2. The van der Waals surface area contributed by atoms with Gasteiger partial charge in [0.25, 0.3) is 0 Å². The SMILES string of the molecule is c1ccc(N(c2ccc(-c3ccc(N(c4ccccc4)c4ccc5oc6ccc(-c7ccc8ccccc8c7)cc6c5c4)cc3)cc2)c2ccc3oc4ccc(-c5ccc6ccccc6c5)cc4c3c2)cc1. The number of rotatable bonds is 9. The van der Waals surface area contributed by atoms with Crippen molar-refractivity contribution in [2.24, 2.45) is 0 Å². The summed E-state index contributed by atoms with van der Waals surface area (Å²) in [4.78, 5) is 4.64. The maximum absolute atomic E-state index is 6.43. The molecule has 0 bridgehead atoms. The molecule has 338 valence electrons. The van der Waals surface area contributed by atoms with Crippen LogP contribution in [0.1, 0.15) is 0 Å². The summed E-state index contributed by atoms with van der Waals surface area (Å²) in [5, 5.41) is 9.28. The topological polar surface area (TPSA) is 32.8 Å². The molecule has 12 aromatic carbocycles. The van der Waals surface area contributed by atoms with Gasteiger partial charge < -0.3 is 18.6 Å². The van der Waals surface area contributed by atoms with Crippen molar-refractivity contribution in [1.29, 1.82) is 0 Å². The summed E-state index contributed by atoms with van der Waals surface area (Å²) in [7, 11) is 0. The molecule has 0 fully saturated rings. The minimum Gasteiger partial charge on any atom is -0.456 e. The molecule has 72 heavy (non-hydrogen) atoms. The van der Waals surface area contributed by atoms with Crippen molar-refractivity contribution in [3.8, 4) is 33.4 Å². The van der Waals surface area contributed by atoms with Crippen LogP contribution in [-0.2, 0) is 0 Å². The number of hydrogen-bond acceptors (Lipinski definition) is 4. The van der Waals surface area contributed by atoms with E-state index in [2.05, 4.69) is 277 Å². The average molecular weight is 921 g/mol. The number of anilines is 6. The van der Waals surface area contributed by atoms with Crippen LogP contribution in [0.4, 0.5) is 34.1 Å². The zero-order chi connectivity index (χ0) is 47.5. The van der Waals surface area contributed by atoms with Gasteiger partial charge in [0.1, 0.15) is 22.3 Å². The summed E-state index contributed by atoms with van der Waals surface area (Å²) in [6.45, 7) is 0. The van der Waals surface area contributed by atoms with Crippen molar-refractivity contribution >= 4 is 99.5 Å². The van der Waals surface area contributed by atoms with Gasteiger partial charge in [0.15, 0.2) is 0 Å². The predicted octanol–water partition coefficient (Wildman–Crippen LogP) is 19.7. The summed E-state index contributed by atoms with van der Waals surface area (Å²) in [6.07, 6.45) is 0. The monoisotopic (exact) mass is 920 g/mol. The fourth-order valence-electron chi connectivity index (χ4n) is 10.6. The molecule has 2 aromatic heterocycles. The third kappa shape index (κ3) is 7.33. The van der Waals surface area contributed by atoms with E-state index >= 15 is 0 Å². The number of para-hydroxylation sites is 2. The molecule has 14 rings (SSSR count). The fraction of sp³-hybridized carbons (Fsp3) is 0. The summed E-state index contributed by atoms with van der Waals surface area (Å²) < 4.78 is 12.9. The molecular weight excluding hydrogens is 877 g/mol. The van der Waals surface area contributed by atoms with E-state index in [1.165, 1.54) is 32.7 Å². The predicted molar refractivity (Wildman–Crippen MR) is 302 cm³/mol. The van der Waals surface area contributed by atoms with Gasteiger partial charge in [-0.2, -0.15) is 0 Å². The van der Waals surface area contributed by atoms with E-state index in [-0.39, 0.29) is 0 Å². The van der Waals surface area contributed by atoms with E-state index in [1.54, 1.807) is 0 Å². The van der Waals surface area contributed by atoms with Gasteiger partial charge >= 0.3 is 0 Å². The maximum atomic E-state index is 6.43. The minimum absolute atomic E-state index is 0.865. The Balaban J connectivity index is 0.787. The Morgan fingerprint density at radius 3 is 0.903 bits per heavy atom. The summed E-state index contributed by atoms with van der Waals surface area (Å²) in [5.41, 5.74) is 16.8. The van der Waals surface area contributed by atoms with Crippen LogP contribution in [0.3, 0.4) is 0 Å². The van der Waals surface area contributed by atoms with Crippen molar-refractivity contribution < 1.29 is 8.83 Å². The van der Waals surface area contributed by atoms with Gasteiger partial charge in [-0.25, -0.2) is 0 Å². The Morgan fingerprint density at radius 2 is 0.486 bits per heavy atom. The van der Waals surface area contributed by atoms with Gasteiger partial charge in [0.2, 0.25) is 0 Å². The van der Waals surface area contributed by atoms with Crippen LogP contribution in [-0.4, -0.2) is 0 Å². The molecule has 4 nitrogen and oxygen atoms in total. The molecule has 0 spiro atoms. The van der Waals surface area contributed by atoms with Crippen LogP contribution in [0.5, 0.6) is 0 Å². The molecule has 0 amide bonds. The molecule has 0 atom stereocenters. The molecule has 0 saturated heterocycles. The van der Waals surface area contributed by atoms with E-state index in [9.17, 15) is 0 Å².